The predicted molar refractivity (Wildman–Crippen MR) is 67.6 cm³/mol. The fourth-order valence-electron chi connectivity index (χ4n) is 1.49. The number of hydrogen-bond donors (Lipinski definition) is 2. The third kappa shape index (κ3) is 2.65. The van der Waals surface area contributed by atoms with Crippen LogP contribution < -0.4 is 10.6 Å². The molecule has 0 aliphatic carbocycles. The lowest BCUT2D eigenvalue weighted by Crippen LogP contribution is -2.13. The monoisotopic (exact) mass is 246 g/mol. The summed E-state index contributed by atoms with van der Waals surface area (Å²) in [6.45, 7) is 1.99. The van der Waals surface area contributed by atoms with Crippen molar-refractivity contribution in [2.24, 2.45) is 0 Å². The van der Waals surface area contributed by atoms with Crippen LogP contribution in [-0.4, -0.2) is 23.1 Å². The number of pyridine rings is 1. The van der Waals surface area contributed by atoms with E-state index in [1.165, 1.54) is 6.26 Å². The van der Waals surface area contributed by atoms with Gasteiger partial charge in [-0.05, 0) is 18.6 Å². The number of hydrogen-bond acceptors (Lipinski definition) is 5. The highest BCUT2D eigenvalue weighted by Crippen LogP contribution is 2.13. The van der Waals surface area contributed by atoms with E-state index in [-0.39, 0.29) is 5.91 Å². The average Bonchev–Trinajstić information content (AvgIpc) is 2.90. The van der Waals surface area contributed by atoms with Crippen LogP contribution in [0, 0.1) is 0 Å². The van der Waals surface area contributed by atoms with E-state index in [9.17, 15) is 4.79 Å². The molecule has 0 spiro atoms. The average molecular weight is 246 g/mol. The molecule has 0 atom stereocenters. The number of aromatic nitrogens is 2. The van der Waals surface area contributed by atoms with Crippen molar-refractivity contribution in [1.82, 2.24) is 10.1 Å². The molecule has 0 saturated carbocycles. The molecule has 0 saturated heterocycles. The maximum atomic E-state index is 12.0. The lowest BCUT2D eigenvalue weighted by atomic mass is 10.2. The van der Waals surface area contributed by atoms with Crippen molar-refractivity contribution >= 4 is 17.5 Å². The summed E-state index contributed by atoms with van der Waals surface area (Å²) in [7, 11) is 1.76. The predicted octanol–water partition coefficient (Wildman–Crippen LogP) is 1.93. The minimum absolute atomic E-state index is 0.238. The Morgan fingerprint density at radius 3 is 2.83 bits per heavy atom. The van der Waals surface area contributed by atoms with E-state index in [1.807, 2.05) is 6.92 Å². The Balaban J connectivity index is 2.23. The molecule has 0 aliphatic rings. The normalized spacial score (nSPS) is 10.1. The van der Waals surface area contributed by atoms with Gasteiger partial charge in [-0.15, -0.1) is 0 Å². The van der Waals surface area contributed by atoms with Gasteiger partial charge in [0.1, 0.15) is 12.1 Å². The molecule has 0 bridgehead atoms. The third-order valence-electron chi connectivity index (χ3n) is 2.44. The molecule has 2 aromatic rings. The Bertz CT molecular complexity index is 515. The number of amides is 1. The molecule has 2 heterocycles. The maximum absolute atomic E-state index is 12.0. The number of anilines is 2. The summed E-state index contributed by atoms with van der Waals surface area (Å²) in [4.78, 5) is 16.3. The second-order valence-corrected chi connectivity index (χ2v) is 3.67. The zero-order valence-corrected chi connectivity index (χ0v) is 10.2. The molecular weight excluding hydrogens is 232 g/mol. The third-order valence-corrected chi connectivity index (χ3v) is 2.44. The second kappa shape index (κ2) is 5.31. The molecule has 2 N–H and O–H groups in total. The summed E-state index contributed by atoms with van der Waals surface area (Å²) in [5, 5.41) is 9.20. The van der Waals surface area contributed by atoms with E-state index in [4.69, 9.17) is 0 Å². The highest BCUT2D eigenvalue weighted by molar-refractivity contribution is 6.04. The number of nitrogens with zero attached hydrogens (tertiary/aromatic N) is 2. The largest absolute Gasteiger partial charge is 0.373 e. The Hall–Kier alpha value is -2.37. The number of carbonyl (C=O) groups is 1. The first-order valence-corrected chi connectivity index (χ1v) is 5.63. The Labute approximate surface area is 104 Å². The van der Waals surface area contributed by atoms with Crippen LogP contribution in [0.4, 0.5) is 11.6 Å². The molecule has 0 radical (unpaired) electrons. The molecule has 0 fully saturated rings. The minimum Gasteiger partial charge on any atom is -0.373 e. The summed E-state index contributed by atoms with van der Waals surface area (Å²) in [5.74, 6) is 0.818. The van der Waals surface area contributed by atoms with Crippen molar-refractivity contribution in [3.8, 4) is 0 Å². The van der Waals surface area contributed by atoms with Gasteiger partial charge in [-0.1, -0.05) is 12.1 Å². The van der Waals surface area contributed by atoms with Gasteiger partial charge in [0, 0.05) is 24.4 Å². The smallest absolute Gasteiger partial charge is 0.257 e. The SMILES string of the molecule is CCc1cc(C(=O)Nc2ccon2)cc(NC)n1. The highest BCUT2D eigenvalue weighted by atomic mass is 16.5. The number of carbonyl (C=O) groups excluding carboxylic acids is 1. The van der Waals surface area contributed by atoms with Crippen LogP contribution in [0.3, 0.4) is 0 Å². The van der Waals surface area contributed by atoms with Gasteiger partial charge < -0.3 is 15.2 Å². The fraction of sp³-hybridized carbons (Fsp3) is 0.250. The first-order valence-electron chi connectivity index (χ1n) is 5.63. The number of aryl methyl sites for hydroxylation is 1. The standard InChI is InChI=1S/C12H14N4O2/c1-3-9-6-8(7-11(13-2)14-9)12(17)15-10-4-5-18-16-10/h4-7H,3H2,1-2H3,(H,13,14)(H,15,16,17). The summed E-state index contributed by atoms with van der Waals surface area (Å²) in [6, 6.07) is 5.03. The molecule has 1 amide bonds. The first-order chi connectivity index (χ1) is 8.72. The van der Waals surface area contributed by atoms with Crippen molar-refractivity contribution in [2.45, 2.75) is 13.3 Å². The van der Waals surface area contributed by atoms with Crippen LogP contribution in [0.1, 0.15) is 23.0 Å². The van der Waals surface area contributed by atoms with E-state index < -0.39 is 0 Å². The second-order valence-electron chi connectivity index (χ2n) is 3.67. The van der Waals surface area contributed by atoms with Gasteiger partial charge >= 0.3 is 0 Å². The van der Waals surface area contributed by atoms with Crippen LogP contribution in [0.5, 0.6) is 0 Å². The molecule has 2 aromatic heterocycles. The van der Waals surface area contributed by atoms with Gasteiger partial charge in [-0.25, -0.2) is 4.98 Å². The van der Waals surface area contributed by atoms with Gasteiger partial charge in [0.15, 0.2) is 5.82 Å². The van der Waals surface area contributed by atoms with Crippen LogP contribution in [-0.2, 0) is 6.42 Å². The lowest BCUT2D eigenvalue weighted by molar-refractivity contribution is 0.102. The van der Waals surface area contributed by atoms with E-state index in [2.05, 4.69) is 25.3 Å². The molecule has 0 aliphatic heterocycles. The molecule has 6 nitrogen and oxygen atoms in total. The van der Waals surface area contributed by atoms with E-state index in [1.54, 1.807) is 25.2 Å². The number of rotatable bonds is 4. The van der Waals surface area contributed by atoms with Crippen LogP contribution in [0.25, 0.3) is 0 Å². The summed E-state index contributed by atoms with van der Waals surface area (Å²) < 4.78 is 4.65. The van der Waals surface area contributed by atoms with Crippen molar-refractivity contribution in [3.63, 3.8) is 0 Å². The van der Waals surface area contributed by atoms with E-state index in [0.717, 1.165) is 12.1 Å². The molecular formula is C12H14N4O2. The molecule has 2 rings (SSSR count). The molecule has 6 heteroatoms. The van der Waals surface area contributed by atoms with Gasteiger partial charge in [-0.3, -0.25) is 4.79 Å². The van der Waals surface area contributed by atoms with Crippen LogP contribution >= 0.6 is 0 Å². The van der Waals surface area contributed by atoms with Crippen molar-refractivity contribution in [3.05, 3.63) is 35.7 Å². The number of nitrogens with one attached hydrogen (secondary N) is 2. The molecule has 18 heavy (non-hydrogen) atoms. The maximum Gasteiger partial charge on any atom is 0.257 e. The first kappa shape index (κ1) is 12.1. The Morgan fingerprint density at radius 2 is 2.22 bits per heavy atom. The van der Waals surface area contributed by atoms with Crippen molar-refractivity contribution in [1.29, 1.82) is 0 Å². The Morgan fingerprint density at radius 1 is 1.39 bits per heavy atom. The van der Waals surface area contributed by atoms with Crippen LogP contribution in [0.15, 0.2) is 29.0 Å². The summed E-state index contributed by atoms with van der Waals surface area (Å²) in [5.41, 5.74) is 1.39. The lowest BCUT2D eigenvalue weighted by Gasteiger charge is -2.07. The zero-order chi connectivity index (χ0) is 13.0. The van der Waals surface area contributed by atoms with Crippen molar-refractivity contribution < 1.29 is 9.32 Å². The van der Waals surface area contributed by atoms with Gasteiger partial charge in [0.05, 0.1) is 0 Å². The van der Waals surface area contributed by atoms with E-state index >= 15 is 0 Å². The molecule has 0 aromatic carbocycles. The van der Waals surface area contributed by atoms with Gasteiger partial charge in [0.2, 0.25) is 0 Å². The summed E-state index contributed by atoms with van der Waals surface area (Å²) in [6.07, 6.45) is 2.17. The Kier molecular flexibility index (Phi) is 3.57. The fourth-order valence-corrected chi connectivity index (χ4v) is 1.49. The van der Waals surface area contributed by atoms with Crippen molar-refractivity contribution in [2.75, 3.05) is 17.7 Å². The summed E-state index contributed by atoms with van der Waals surface area (Å²) >= 11 is 0. The van der Waals surface area contributed by atoms with Gasteiger partial charge in [-0.2, -0.15) is 0 Å². The van der Waals surface area contributed by atoms with Gasteiger partial charge in [0.25, 0.3) is 5.91 Å². The van der Waals surface area contributed by atoms with E-state index in [0.29, 0.717) is 17.2 Å². The minimum atomic E-state index is -0.238. The highest BCUT2D eigenvalue weighted by Gasteiger charge is 2.10. The molecule has 94 valence electrons. The quantitative estimate of drug-likeness (QED) is 0.861. The van der Waals surface area contributed by atoms with Crippen LogP contribution in [0.2, 0.25) is 0 Å². The zero-order valence-electron chi connectivity index (χ0n) is 10.2. The topological polar surface area (TPSA) is 80.0 Å². The molecule has 0 unspecified atom stereocenters.